The molecule has 0 unspecified atom stereocenters. The Labute approximate surface area is 215 Å². The van der Waals surface area contributed by atoms with Crippen molar-refractivity contribution in [3.63, 3.8) is 0 Å². The molecule has 1 aliphatic rings. The second kappa shape index (κ2) is 10.9. The third kappa shape index (κ3) is 5.28. The van der Waals surface area contributed by atoms with Crippen molar-refractivity contribution in [1.82, 2.24) is 10.2 Å². The number of fused-ring (bicyclic) bond motifs is 1. The van der Waals surface area contributed by atoms with Gasteiger partial charge in [0.2, 0.25) is 0 Å². The van der Waals surface area contributed by atoms with Gasteiger partial charge >= 0.3 is 6.09 Å². The van der Waals surface area contributed by atoms with Crippen molar-refractivity contribution in [3.05, 3.63) is 143 Å². The van der Waals surface area contributed by atoms with Crippen LogP contribution in [0.15, 0.2) is 115 Å². The van der Waals surface area contributed by atoms with Crippen LogP contribution in [0, 0.1) is 0 Å². The lowest BCUT2D eigenvalue weighted by molar-refractivity contribution is 0.0628. The molecule has 4 aromatic carbocycles. The summed E-state index contributed by atoms with van der Waals surface area (Å²) >= 11 is 0. The van der Waals surface area contributed by atoms with Gasteiger partial charge < -0.3 is 10.1 Å². The van der Waals surface area contributed by atoms with E-state index in [0.717, 1.165) is 16.7 Å². The maximum atomic E-state index is 13.2. The summed E-state index contributed by atoms with van der Waals surface area (Å²) in [7, 11) is 0. The highest BCUT2D eigenvalue weighted by molar-refractivity contribution is 6.21. The van der Waals surface area contributed by atoms with Gasteiger partial charge in [-0.1, -0.05) is 103 Å². The zero-order valence-electron chi connectivity index (χ0n) is 20.1. The van der Waals surface area contributed by atoms with Crippen LogP contribution in [-0.4, -0.2) is 35.4 Å². The van der Waals surface area contributed by atoms with E-state index in [2.05, 4.69) is 5.32 Å². The number of alkyl carbamates (subject to hydrolysis) is 1. The molecule has 5 rings (SSSR count). The average Bonchev–Trinajstić information content (AvgIpc) is 3.18. The van der Waals surface area contributed by atoms with Crippen molar-refractivity contribution in [2.45, 2.75) is 18.6 Å². The van der Waals surface area contributed by atoms with Gasteiger partial charge in [-0.05, 0) is 28.8 Å². The summed E-state index contributed by atoms with van der Waals surface area (Å²) in [5.41, 5.74) is 3.48. The molecule has 0 aromatic heterocycles. The molecule has 6 heteroatoms. The van der Waals surface area contributed by atoms with Crippen LogP contribution in [0.5, 0.6) is 0 Å². The fraction of sp³-hybridized carbons (Fsp3) is 0.129. The minimum atomic E-state index is -0.643. The third-order valence-corrected chi connectivity index (χ3v) is 6.49. The molecule has 0 bridgehead atoms. The lowest BCUT2D eigenvalue weighted by Crippen LogP contribution is -2.49. The van der Waals surface area contributed by atoms with Gasteiger partial charge in [0.15, 0.2) is 0 Å². The first-order valence-corrected chi connectivity index (χ1v) is 12.1. The molecule has 1 aliphatic heterocycles. The highest BCUT2D eigenvalue weighted by Crippen LogP contribution is 2.31. The number of rotatable bonds is 8. The highest BCUT2D eigenvalue weighted by atomic mass is 16.5. The van der Waals surface area contributed by atoms with E-state index in [9.17, 15) is 14.4 Å². The largest absolute Gasteiger partial charge is 0.445 e. The Morgan fingerprint density at radius 1 is 0.676 bits per heavy atom. The first kappa shape index (κ1) is 24.0. The van der Waals surface area contributed by atoms with E-state index in [0.29, 0.717) is 11.1 Å². The Balaban J connectivity index is 1.47. The highest BCUT2D eigenvalue weighted by Gasteiger charge is 2.39. The summed E-state index contributed by atoms with van der Waals surface area (Å²) in [5, 5.41) is 2.97. The van der Waals surface area contributed by atoms with Crippen molar-refractivity contribution in [2.24, 2.45) is 0 Å². The molecule has 0 fully saturated rings. The molecule has 1 heterocycles. The van der Waals surface area contributed by atoms with E-state index < -0.39 is 12.1 Å². The molecule has 0 saturated carbocycles. The van der Waals surface area contributed by atoms with E-state index in [1.165, 1.54) is 4.90 Å². The molecule has 6 nitrogen and oxygen atoms in total. The Bertz CT molecular complexity index is 1320. The van der Waals surface area contributed by atoms with Crippen molar-refractivity contribution in [2.75, 3.05) is 6.54 Å². The van der Waals surface area contributed by atoms with Gasteiger partial charge in [0.25, 0.3) is 11.8 Å². The second-order valence-electron chi connectivity index (χ2n) is 8.88. The SMILES string of the molecule is O=C(N[C@H](CN1C(=O)c2ccccc2C1=O)C(c1ccccc1)c1ccccc1)OCc1ccccc1. The first-order valence-electron chi connectivity index (χ1n) is 12.1. The Morgan fingerprint density at radius 3 is 1.65 bits per heavy atom. The number of benzene rings is 4. The minimum Gasteiger partial charge on any atom is -0.445 e. The monoisotopic (exact) mass is 490 g/mol. The lowest BCUT2D eigenvalue weighted by Gasteiger charge is -2.31. The summed E-state index contributed by atoms with van der Waals surface area (Å²) in [5.74, 6) is -1.08. The van der Waals surface area contributed by atoms with Crippen LogP contribution in [0.1, 0.15) is 43.3 Å². The molecule has 0 spiro atoms. The van der Waals surface area contributed by atoms with Gasteiger partial charge in [-0.3, -0.25) is 14.5 Å². The molecule has 37 heavy (non-hydrogen) atoms. The van der Waals surface area contributed by atoms with E-state index in [4.69, 9.17) is 4.74 Å². The number of carbonyl (C=O) groups is 3. The Morgan fingerprint density at radius 2 is 1.14 bits per heavy atom. The number of amides is 3. The van der Waals surface area contributed by atoms with Crippen LogP contribution in [0.2, 0.25) is 0 Å². The van der Waals surface area contributed by atoms with Gasteiger partial charge in [-0.2, -0.15) is 0 Å². The van der Waals surface area contributed by atoms with Crippen LogP contribution < -0.4 is 5.32 Å². The van der Waals surface area contributed by atoms with Gasteiger partial charge in [-0.15, -0.1) is 0 Å². The van der Waals surface area contributed by atoms with E-state index in [1.54, 1.807) is 24.3 Å². The van der Waals surface area contributed by atoms with Crippen molar-refractivity contribution in [1.29, 1.82) is 0 Å². The summed E-state index contributed by atoms with van der Waals surface area (Å²) < 4.78 is 5.52. The van der Waals surface area contributed by atoms with Crippen molar-refractivity contribution >= 4 is 17.9 Å². The van der Waals surface area contributed by atoms with E-state index >= 15 is 0 Å². The summed E-state index contributed by atoms with van der Waals surface area (Å²) in [6.45, 7) is 0.0923. The molecule has 0 aliphatic carbocycles. The standard InChI is InChI=1S/C31H26N2O4/c34-29-25-18-10-11-19-26(25)30(35)33(29)20-27(32-31(36)37-21-22-12-4-1-5-13-22)28(23-14-6-2-7-15-23)24-16-8-3-9-17-24/h1-19,27-28H,20-21H2,(H,32,36)/t27-/m1/s1. The number of hydrogen-bond donors (Lipinski definition) is 1. The normalized spacial score (nSPS) is 13.4. The average molecular weight is 491 g/mol. The third-order valence-electron chi connectivity index (χ3n) is 6.49. The Hall–Kier alpha value is -4.71. The van der Waals surface area contributed by atoms with Crippen molar-refractivity contribution in [3.8, 4) is 0 Å². The number of nitrogens with zero attached hydrogens (tertiary/aromatic N) is 1. The topological polar surface area (TPSA) is 75.7 Å². The first-order chi connectivity index (χ1) is 18.1. The van der Waals surface area contributed by atoms with Crippen LogP contribution in [-0.2, 0) is 11.3 Å². The quantitative estimate of drug-likeness (QED) is 0.335. The van der Waals surface area contributed by atoms with Crippen LogP contribution in [0.4, 0.5) is 4.79 Å². The molecule has 1 N–H and O–H groups in total. The number of carbonyl (C=O) groups excluding carboxylic acids is 3. The zero-order chi connectivity index (χ0) is 25.6. The van der Waals surface area contributed by atoms with E-state index in [-0.39, 0.29) is 30.9 Å². The van der Waals surface area contributed by atoms with E-state index in [1.807, 2.05) is 91.0 Å². The maximum absolute atomic E-state index is 13.2. The fourth-order valence-corrected chi connectivity index (χ4v) is 4.73. The van der Waals surface area contributed by atoms with Gasteiger partial charge in [-0.25, -0.2) is 4.79 Å². The molecule has 4 aromatic rings. The van der Waals surface area contributed by atoms with Gasteiger partial charge in [0.05, 0.1) is 23.7 Å². The maximum Gasteiger partial charge on any atom is 0.407 e. The number of hydrogen-bond acceptors (Lipinski definition) is 4. The number of imide groups is 1. The summed E-state index contributed by atoms with van der Waals surface area (Å²) in [6, 6.07) is 35.0. The summed E-state index contributed by atoms with van der Waals surface area (Å²) in [4.78, 5) is 40.6. The molecule has 0 radical (unpaired) electrons. The molecule has 3 amide bonds. The molecule has 184 valence electrons. The van der Waals surface area contributed by atoms with Gasteiger partial charge in [0.1, 0.15) is 6.61 Å². The fourth-order valence-electron chi connectivity index (χ4n) is 4.73. The Kier molecular flexibility index (Phi) is 7.08. The predicted octanol–water partition coefficient (Wildman–Crippen LogP) is 5.41. The molecular formula is C31H26N2O4. The van der Waals surface area contributed by atoms with Crippen LogP contribution >= 0.6 is 0 Å². The number of ether oxygens (including phenoxy) is 1. The lowest BCUT2D eigenvalue weighted by atomic mass is 9.84. The van der Waals surface area contributed by atoms with Crippen molar-refractivity contribution < 1.29 is 19.1 Å². The van der Waals surface area contributed by atoms with Crippen LogP contribution in [0.3, 0.4) is 0 Å². The second-order valence-corrected chi connectivity index (χ2v) is 8.88. The van der Waals surface area contributed by atoms with Gasteiger partial charge in [0, 0.05) is 5.92 Å². The van der Waals surface area contributed by atoms with Crippen LogP contribution in [0.25, 0.3) is 0 Å². The smallest absolute Gasteiger partial charge is 0.407 e. The summed E-state index contributed by atoms with van der Waals surface area (Å²) in [6.07, 6.45) is -0.623. The molecular weight excluding hydrogens is 464 g/mol. The predicted molar refractivity (Wildman–Crippen MR) is 140 cm³/mol. The minimum absolute atomic E-state index is 0.0127. The number of nitrogens with one attached hydrogen (secondary N) is 1. The molecule has 1 atom stereocenters. The zero-order valence-corrected chi connectivity index (χ0v) is 20.1. The molecule has 0 saturated heterocycles.